The van der Waals surface area contributed by atoms with Crippen LogP contribution in [0.1, 0.15) is 53.4 Å². The van der Waals surface area contributed by atoms with Gasteiger partial charge in [-0.2, -0.15) is 0 Å². The van der Waals surface area contributed by atoms with Gasteiger partial charge in [0.25, 0.3) is 0 Å². The van der Waals surface area contributed by atoms with E-state index in [4.69, 9.17) is 22.1 Å². The molecule has 100 valence electrons. The fourth-order valence-electron chi connectivity index (χ4n) is 4.07. The number of ether oxygens (including phenoxy) is 1. The first-order valence-corrected chi connectivity index (χ1v) is 7.21. The van der Waals surface area contributed by atoms with E-state index in [-0.39, 0.29) is 11.4 Å². The molecule has 0 aromatic rings. The van der Waals surface area contributed by atoms with Crippen molar-refractivity contribution in [2.45, 2.75) is 77.0 Å². The van der Waals surface area contributed by atoms with Crippen molar-refractivity contribution in [3.05, 3.63) is 0 Å². The van der Waals surface area contributed by atoms with Crippen molar-refractivity contribution in [2.24, 2.45) is 16.6 Å². The lowest BCUT2D eigenvalue weighted by Gasteiger charge is -2.58. The van der Waals surface area contributed by atoms with Crippen molar-refractivity contribution >= 4 is 11.6 Å². The van der Waals surface area contributed by atoms with Gasteiger partial charge in [0.05, 0.1) is 17.6 Å². The maximum Gasteiger partial charge on any atom is 0.0681 e. The van der Waals surface area contributed by atoms with Gasteiger partial charge in [0.1, 0.15) is 0 Å². The number of halogens is 1. The second-order valence-electron chi connectivity index (χ2n) is 7.28. The van der Waals surface area contributed by atoms with Crippen LogP contribution in [0.25, 0.3) is 0 Å². The Morgan fingerprint density at radius 3 is 2.18 bits per heavy atom. The number of rotatable bonds is 2. The van der Waals surface area contributed by atoms with Crippen LogP contribution >= 0.6 is 11.6 Å². The van der Waals surface area contributed by atoms with E-state index >= 15 is 0 Å². The van der Waals surface area contributed by atoms with E-state index in [1.54, 1.807) is 0 Å². The zero-order valence-electron chi connectivity index (χ0n) is 11.5. The van der Waals surface area contributed by atoms with Crippen molar-refractivity contribution in [2.75, 3.05) is 0 Å². The highest BCUT2D eigenvalue weighted by Crippen LogP contribution is 2.56. The smallest absolute Gasteiger partial charge is 0.0681 e. The van der Waals surface area contributed by atoms with Crippen LogP contribution in [0.15, 0.2) is 0 Å². The van der Waals surface area contributed by atoms with Gasteiger partial charge in [-0.3, -0.25) is 0 Å². The summed E-state index contributed by atoms with van der Waals surface area (Å²) in [5.41, 5.74) is 6.56. The van der Waals surface area contributed by atoms with Crippen LogP contribution in [0.5, 0.6) is 0 Å². The largest absolute Gasteiger partial charge is 0.374 e. The van der Waals surface area contributed by atoms with E-state index in [1.165, 1.54) is 6.42 Å². The molecule has 2 N–H and O–H groups in total. The van der Waals surface area contributed by atoms with Crippen LogP contribution in [0, 0.1) is 10.8 Å². The Morgan fingerprint density at radius 2 is 1.71 bits per heavy atom. The molecule has 2 aliphatic rings. The van der Waals surface area contributed by atoms with Gasteiger partial charge in [-0.25, -0.2) is 0 Å². The molecule has 0 saturated heterocycles. The summed E-state index contributed by atoms with van der Waals surface area (Å²) in [4.78, 5) is 0. The highest BCUT2D eigenvalue weighted by atomic mass is 35.5. The van der Waals surface area contributed by atoms with Crippen LogP contribution in [0.4, 0.5) is 0 Å². The molecule has 0 heterocycles. The van der Waals surface area contributed by atoms with Crippen molar-refractivity contribution in [1.82, 2.24) is 0 Å². The molecule has 0 radical (unpaired) electrons. The lowest BCUT2D eigenvalue weighted by molar-refractivity contribution is -0.212. The van der Waals surface area contributed by atoms with Gasteiger partial charge >= 0.3 is 0 Å². The Morgan fingerprint density at radius 1 is 1.12 bits per heavy atom. The van der Waals surface area contributed by atoms with E-state index in [0.717, 1.165) is 19.3 Å². The molecule has 3 atom stereocenters. The number of hydrogen-bond acceptors (Lipinski definition) is 2. The van der Waals surface area contributed by atoms with Crippen LogP contribution in [0.3, 0.4) is 0 Å². The molecule has 2 unspecified atom stereocenters. The fraction of sp³-hybridized carbons (Fsp3) is 1.00. The maximum atomic E-state index is 6.34. The van der Waals surface area contributed by atoms with Crippen molar-refractivity contribution < 1.29 is 4.74 Å². The Hall–Kier alpha value is 0.210. The predicted octanol–water partition coefficient (Wildman–Crippen LogP) is 3.31. The summed E-state index contributed by atoms with van der Waals surface area (Å²) in [6.07, 6.45) is 4.87. The lowest BCUT2D eigenvalue weighted by atomic mass is 9.53. The zero-order chi connectivity index (χ0) is 12.8. The van der Waals surface area contributed by atoms with Gasteiger partial charge in [-0.1, -0.05) is 27.7 Å². The third-order valence-electron chi connectivity index (χ3n) is 4.43. The number of alkyl halides is 1. The van der Waals surface area contributed by atoms with Crippen LogP contribution in [-0.4, -0.2) is 23.6 Å². The first-order chi connectivity index (χ1) is 7.72. The maximum absolute atomic E-state index is 6.34. The molecule has 2 aliphatic carbocycles. The standard InChI is InChI=1S/C14H26ClNO/c1-13(2)8-14(3,4)12(13)17-9-5-6-11(16)10(15)7-9/h9-12H,5-8,16H2,1-4H3/t9?,10?,11-/m0/s1. The molecule has 0 bridgehead atoms. The lowest BCUT2D eigenvalue weighted by Crippen LogP contribution is -2.58. The number of hydrogen-bond donors (Lipinski definition) is 1. The SMILES string of the molecule is CC1(C)CC(C)(C)C1OC1CC[C@H](N)C(Cl)C1. The van der Waals surface area contributed by atoms with Gasteiger partial charge in [0, 0.05) is 6.04 Å². The molecule has 2 rings (SSSR count). The van der Waals surface area contributed by atoms with E-state index in [2.05, 4.69) is 27.7 Å². The molecule has 0 aromatic heterocycles. The molecule has 17 heavy (non-hydrogen) atoms. The normalized spacial score (nSPS) is 40.9. The molecule has 0 aromatic carbocycles. The Balaban J connectivity index is 1.93. The second kappa shape index (κ2) is 4.40. The molecular formula is C14H26ClNO. The van der Waals surface area contributed by atoms with Gasteiger partial charge < -0.3 is 10.5 Å². The molecule has 0 amide bonds. The van der Waals surface area contributed by atoms with Gasteiger partial charge in [-0.15, -0.1) is 11.6 Å². The van der Waals surface area contributed by atoms with E-state index in [1.807, 2.05) is 0 Å². The molecule has 0 aliphatic heterocycles. The Kier molecular flexibility index (Phi) is 3.53. The molecular weight excluding hydrogens is 234 g/mol. The number of nitrogens with two attached hydrogens (primary N) is 1. The van der Waals surface area contributed by atoms with Gasteiger partial charge in [0.2, 0.25) is 0 Å². The summed E-state index contributed by atoms with van der Waals surface area (Å²) in [5, 5.41) is 0.0834. The highest BCUT2D eigenvalue weighted by Gasteiger charge is 2.54. The predicted molar refractivity (Wildman–Crippen MR) is 72.3 cm³/mol. The quantitative estimate of drug-likeness (QED) is 0.773. The molecule has 2 fully saturated rings. The summed E-state index contributed by atoms with van der Waals surface area (Å²) < 4.78 is 6.34. The van der Waals surface area contributed by atoms with Crippen molar-refractivity contribution in [3.8, 4) is 0 Å². The van der Waals surface area contributed by atoms with Crippen LogP contribution in [0.2, 0.25) is 0 Å². The molecule has 2 nitrogen and oxygen atoms in total. The molecule has 0 spiro atoms. The van der Waals surface area contributed by atoms with E-state index < -0.39 is 0 Å². The minimum Gasteiger partial charge on any atom is -0.374 e. The van der Waals surface area contributed by atoms with E-state index in [9.17, 15) is 0 Å². The third-order valence-corrected chi connectivity index (χ3v) is 4.94. The van der Waals surface area contributed by atoms with Crippen LogP contribution in [-0.2, 0) is 4.74 Å². The summed E-state index contributed by atoms with van der Waals surface area (Å²) >= 11 is 6.24. The first kappa shape index (κ1) is 13.6. The van der Waals surface area contributed by atoms with Gasteiger partial charge in [0.15, 0.2) is 0 Å². The summed E-state index contributed by atoms with van der Waals surface area (Å²) in [5.74, 6) is 0. The minimum atomic E-state index is 0.0834. The summed E-state index contributed by atoms with van der Waals surface area (Å²) in [7, 11) is 0. The average Bonchev–Trinajstić information content (AvgIpc) is 2.17. The zero-order valence-corrected chi connectivity index (χ0v) is 12.3. The fourth-order valence-corrected chi connectivity index (χ4v) is 4.40. The minimum absolute atomic E-state index is 0.0834. The van der Waals surface area contributed by atoms with Crippen molar-refractivity contribution in [1.29, 1.82) is 0 Å². The molecule has 2 saturated carbocycles. The van der Waals surface area contributed by atoms with E-state index in [0.29, 0.717) is 23.0 Å². The monoisotopic (exact) mass is 259 g/mol. The summed E-state index contributed by atoms with van der Waals surface area (Å²) in [6.45, 7) is 9.20. The average molecular weight is 260 g/mol. The summed E-state index contributed by atoms with van der Waals surface area (Å²) in [6, 6.07) is 0.152. The second-order valence-corrected chi connectivity index (χ2v) is 7.85. The van der Waals surface area contributed by atoms with Gasteiger partial charge in [-0.05, 0) is 36.5 Å². The van der Waals surface area contributed by atoms with Crippen molar-refractivity contribution in [3.63, 3.8) is 0 Å². The van der Waals surface area contributed by atoms with Crippen LogP contribution < -0.4 is 5.73 Å². The topological polar surface area (TPSA) is 35.2 Å². The third kappa shape index (κ3) is 2.64. The Labute approximate surface area is 110 Å². The first-order valence-electron chi connectivity index (χ1n) is 6.77. The molecule has 3 heteroatoms. The Bertz CT molecular complexity index is 276. The highest BCUT2D eigenvalue weighted by molar-refractivity contribution is 6.21.